The fraction of sp³-hybridized carbons (Fsp3) is 0.238. The third-order valence-corrected chi connectivity index (χ3v) is 7.41. The number of carbonyl (C=O) groups excluding carboxylic acids is 2. The van der Waals surface area contributed by atoms with Crippen LogP contribution in [-0.2, 0) is 14.8 Å². The van der Waals surface area contributed by atoms with E-state index in [1.807, 2.05) is 0 Å². The molecule has 0 saturated heterocycles. The van der Waals surface area contributed by atoms with E-state index in [0.29, 0.717) is 24.2 Å². The van der Waals surface area contributed by atoms with Gasteiger partial charge < -0.3 is 4.42 Å². The molecule has 1 heterocycles. The fourth-order valence-corrected chi connectivity index (χ4v) is 4.84. The number of hydrogen-bond acceptors (Lipinski definition) is 8. The van der Waals surface area contributed by atoms with Gasteiger partial charge in [0, 0.05) is 24.2 Å². The SMILES string of the molecule is CCN(CC)S(=O)(=O)c1ccc(-c2nnc(SCC(=O)NNC(=O)c3ccccc3)o2)cc1. The Kier molecular flexibility index (Phi) is 8.20. The van der Waals surface area contributed by atoms with Gasteiger partial charge in [-0.2, -0.15) is 4.31 Å². The van der Waals surface area contributed by atoms with Crippen molar-refractivity contribution in [3.8, 4) is 11.5 Å². The molecule has 10 nitrogen and oxygen atoms in total. The minimum atomic E-state index is -3.55. The number of carbonyl (C=O) groups is 2. The molecule has 2 amide bonds. The molecule has 0 radical (unpaired) electrons. The number of aromatic nitrogens is 2. The third kappa shape index (κ3) is 6.18. The Hall–Kier alpha value is -3.22. The molecule has 0 fully saturated rings. The van der Waals surface area contributed by atoms with Crippen LogP contribution >= 0.6 is 11.8 Å². The van der Waals surface area contributed by atoms with E-state index in [0.717, 1.165) is 11.8 Å². The molecular formula is C21H23N5O5S2. The molecule has 33 heavy (non-hydrogen) atoms. The number of hydrazine groups is 1. The largest absolute Gasteiger partial charge is 0.411 e. The lowest BCUT2D eigenvalue weighted by Crippen LogP contribution is -2.42. The van der Waals surface area contributed by atoms with Crippen LogP contribution in [0.3, 0.4) is 0 Å². The number of nitrogens with zero attached hydrogens (tertiary/aromatic N) is 3. The summed E-state index contributed by atoms with van der Waals surface area (Å²) in [4.78, 5) is 24.1. The van der Waals surface area contributed by atoms with Crippen molar-refractivity contribution >= 4 is 33.6 Å². The highest BCUT2D eigenvalue weighted by atomic mass is 32.2. The molecule has 0 aliphatic carbocycles. The van der Waals surface area contributed by atoms with Crippen LogP contribution < -0.4 is 10.9 Å². The van der Waals surface area contributed by atoms with Gasteiger partial charge in [0.1, 0.15) is 0 Å². The number of amides is 2. The number of rotatable bonds is 9. The third-order valence-electron chi connectivity index (χ3n) is 4.53. The predicted molar refractivity (Wildman–Crippen MR) is 123 cm³/mol. The maximum absolute atomic E-state index is 12.6. The second-order valence-electron chi connectivity index (χ2n) is 6.64. The van der Waals surface area contributed by atoms with E-state index in [1.165, 1.54) is 16.4 Å². The topological polar surface area (TPSA) is 134 Å². The summed E-state index contributed by atoms with van der Waals surface area (Å²) in [5, 5.41) is 7.99. The molecule has 0 aliphatic rings. The maximum Gasteiger partial charge on any atom is 0.277 e. The molecule has 1 aromatic heterocycles. The minimum absolute atomic E-state index is 0.0578. The molecule has 0 spiro atoms. The zero-order valence-corrected chi connectivity index (χ0v) is 19.6. The smallest absolute Gasteiger partial charge is 0.277 e. The van der Waals surface area contributed by atoms with Crippen LogP contribution in [0.5, 0.6) is 0 Å². The van der Waals surface area contributed by atoms with Gasteiger partial charge in [-0.3, -0.25) is 20.4 Å². The first-order valence-corrected chi connectivity index (χ1v) is 12.5. The summed E-state index contributed by atoms with van der Waals surface area (Å²) in [5.41, 5.74) is 5.62. The summed E-state index contributed by atoms with van der Waals surface area (Å²) in [7, 11) is -3.55. The minimum Gasteiger partial charge on any atom is -0.411 e. The van der Waals surface area contributed by atoms with E-state index < -0.39 is 21.8 Å². The van der Waals surface area contributed by atoms with E-state index in [9.17, 15) is 18.0 Å². The van der Waals surface area contributed by atoms with Gasteiger partial charge in [0.25, 0.3) is 11.1 Å². The first-order valence-electron chi connectivity index (χ1n) is 10.1. The molecule has 0 bridgehead atoms. The summed E-state index contributed by atoms with van der Waals surface area (Å²) in [6.07, 6.45) is 0. The number of sulfonamides is 1. The summed E-state index contributed by atoms with van der Waals surface area (Å²) in [5.74, 6) is -0.741. The lowest BCUT2D eigenvalue weighted by atomic mass is 10.2. The second-order valence-corrected chi connectivity index (χ2v) is 9.51. The Morgan fingerprint density at radius 3 is 2.27 bits per heavy atom. The maximum atomic E-state index is 12.6. The zero-order chi connectivity index (χ0) is 23.8. The Morgan fingerprint density at radius 2 is 1.64 bits per heavy atom. The lowest BCUT2D eigenvalue weighted by molar-refractivity contribution is -0.119. The van der Waals surface area contributed by atoms with E-state index in [4.69, 9.17) is 4.42 Å². The molecule has 2 aromatic carbocycles. The number of nitrogens with one attached hydrogen (secondary N) is 2. The van der Waals surface area contributed by atoms with Gasteiger partial charge in [-0.25, -0.2) is 8.42 Å². The van der Waals surface area contributed by atoms with Crippen molar-refractivity contribution < 1.29 is 22.4 Å². The van der Waals surface area contributed by atoms with Crippen LogP contribution in [0, 0.1) is 0 Å². The van der Waals surface area contributed by atoms with Gasteiger partial charge >= 0.3 is 0 Å². The Bertz CT molecular complexity index is 1190. The highest BCUT2D eigenvalue weighted by Gasteiger charge is 2.21. The molecule has 0 unspecified atom stereocenters. The molecule has 12 heteroatoms. The van der Waals surface area contributed by atoms with Crippen LogP contribution in [-0.4, -0.2) is 53.6 Å². The average Bonchev–Trinajstić information content (AvgIpc) is 3.31. The van der Waals surface area contributed by atoms with Crippen molar-refractivity contribution in [2.24, 2.45) is 0 Å². The Balaban J connectivity index is 1.54. The average molecular weight is 490 g/mol. The molecule has 0 atom stereocenters. The normalized spacial score (nSPS) is 11.4. The highest BCUT2D eigenvalue weighted by Crippen LogP contribution is 2.25. The Morgan fingerprint density at radius 1 is 0.970 bits per heavy atom. The quantitative estimate of drug-likeness (QED) is 0.345. The van der Waals surface area contributed by atoms with Crippen LogP contribution in [0.1, 0.15) is 24.2 Å². The van der Waals surface area contributed by atoms with Crippen LogP contribution in [0.15, 0.2) is 69.1 Å². The van der Waals surface area contributed by atoms with Crippen LogP contribution in [0.2, 0.25) is 0 Å². The first kappa shape index (κ1) is 24.4. The van der Waals surface area contributed by atoms with Crippen molar-refractivity contribution in [3.63, 3.8) is 0 Å². The van der Waals surface area contributed by atoms with Crippen LogP contribution in [0.4, 0.5) is 0 Å². The van der Waals surface area contributed by atoms with Crippen LogP contribution in [0.25, 0.3) is 11.5 Å². The monoisotopic (exact) mass is 489 g/mol. The van der Waals surface area contributed by atoms with E-state index in [2.05, 4.69) is 21.0 Å². The fourth-order valence-electron chi connectivity index (χ4n) is 2.82. The van der Waals surface area contributed by atoms with Crippen molar-refractivity contribution in [3.05, 3.63) is 60.2 Å². The Labute approximate surface area is 195 Å². The van der Waals surface area contributed by atoms with E-state index in [-0.39, 0.29) is 21.8 Å². The van der Waals surface area contributed by atoms with Crippen molar-refractivity contribution in [2.45, 2.75) is 24.0 Å². The number of benzene rings is 2. The van der Waals surface area contributed by atoms with Crippen molar-refractivity contribution in [2.75, 3.05) is 18.8 Å². The van der Waals surface area contributed by atoms with Gasteiger partial charge in [0.05, 0.1) is 10.6 Å². The summed E-state index contributed by atoms with van der Waals surface area (Å²) in [6, 6.07) is 14.6. The number of hydrogen-bond donors (Lipinski definition) is 2. The summed E-state index contributed by atoms with van der Waals surface area (Å²) < 4.78 is 32.1. The molecule has 2 N–H and O–H groups in total. The first-order chi connectivity index (χ1) is 15.8. The molecule has 0 aliphatic heterocycles. The molecule has 3 rings (SSSR count). The summed E-state index contributed by atoms with van der Waals surface area (Å²) >= 11 is 1.00. The van der Waals surface area contributed by atoms with E-state index in [1.54, 1.807) is 56.3 Å². The van der Waals surface area contributed by atoms with Crippen molar-refractivity contribution in [1.82, 2.24) is 25.4 Å². The molecule has 0 saturated carbocycles. The van der Waals surface area contributed by atoms with Gasteiger partial charge in [0.15, 0.2) is 0 Å². The zero-order valence-electron chi connectivity index (χ0n) is 18.0. The second kappa shape index (κ2) is 11.1. The van der Waals surface area contributed by atoms with Gasteiger partial charge in [0.2, 0.25) is 21.8 Å². The van der Waals surface area contributed by atoms with Gasteiger partial charge in [-0.15, -0.1) is 10.2 Å². The lowest BCUT2D eigenvalue weighted by Gasteiger charge is -2.18. The summed E-state index contributed by atoms with van der Waals surface area (Å²) in [6.45, 7) is 4.33. The highest BCUT2D eigenvalue weighted by molar-refractivity contribution is 7.99. The number of thioether (sulfide) groups is 1. The predicted octanol–water partition coefficient (Wildman–Crippen LogP) is 2.32. The molecule has 174 valence electrons. The van der Waals surface area contributed by atoms with Gasteiger partial charge in [-0.05, 0) is 36.4 Å². The molecular weight excluding hydrogens is 466 g/mol. The van der Waals surface area contributed by atoms with Crippen molar-refractivity contribution in [1.29, 1.82) is 0 Å². The van der Waals surface area contributed by atoms with Gasteiger partial charge in [-0.1, -0.05) is 43.8 Å². The standard InChI is InChI=1S/C21H23N5O5S2/c1-3-26(4-2)33(29,30)17-12-10-16(11-13-17)20-24-25-21(31-20)32-14-18(27)22-23-19(28)15-8-6-5-7-9-15/h5-13H,3-4,14H2,1-2H3,(H,22,27)(H,23,28). The van der Waals surface area contributed by atoms with E-state index >= 15 is 0 Å². The molecule has 3 aromatic rings.